The predicted octanol–water partition coefficient (Wildman–Crippen LogP) is 6.57. The fourth-order valence-electron chi connectivity index (χ4n) is 2.45. The van der Waals surface area contributed by atoms with Gasteiger partial charge in [0.25, 0.3) is 0 Å². The van der Waals surface area contributed by atoms with E-state index in [-0.39, 0.29) is 0 Å². The smallest absolute Gasteiger partial charge is 0.0283 e. The second kappa shape index (κ2) is 7.24. The molecule has 0 aromatic heterocycles. The highest BCUT2D eigenvalue weighted by atomic mass is 79.9. The van der Waals surface area contributed by atoms with Crippen molar-refractivity contribution in [1.29, 1.82) is 0 Å². The van der Waals surface area contributed by atoms with Crippen LogP contribution in [0.1, 0.15) is 5.56 Å². The second-order valence-corrected chi connectivity index (χ2v) is 5.73. The van der Waals surface area contributed by atoms with Crippen LogP contribution in [0.5, 0.6) is 0 Å². The van der Waals surface area contributed by atoms with Crippen LogP contribution in [0.3, 0.4) is 0 Å². The topological polar surface area (TPSA) is 0 Å². The van der Waals surface area contributed by atoms with E-state index in [1.807, 2.05) is 18.2 Å². The van der Waals surface area contributed by atoms with E-state index in [9.17, 15) is 0 Å². The minimum Gasteiger partial charge on any atom is -0.0876 e. The van der Waals surface area contributed by atoms with E-state index in [2.05, 4.69) is 88.7 Å². The van der Waals surface area contributed by atoms with E-state index in [1.54, 1.807) is 0 Å². The molecular weight excluding hydrogens is 332 g/mol. The van der Waals surface area contributed by atoms with Gasteiger partial charge in [-0.15, -0.1) is 0 Å². The molecule has 0 aliphatic carbocycles. The summed E-state index contributed by atoms with van der Waals surface area (Å²) in [5, 5.41) is 6.20. The SMILES string of the molecule is BrCc1ccccc1.c1ccc2cc3ccccc3cc2c1. The lowest BCUT2D eigenvalue weighted by atomic mass is 10.0. The molecule has 0 saturated carbocycles. The molecule has 0 aliphatic heterocycles. The lowest BCUT2D eigenvalue weighted by molar-refractivity contribution is 1.44. The van der Waals surface area contributed by atoms with Crippen LogP contribution < -0.4 is 0 Å². The van der Waals surface area contributed by atoms with Gasteiger partial charge in [-0.25, -0.2) is 0 Å². The summed E-state index contributed by atoms with van der Waals surface area (Å²) in [6.45, 7) is 0. The Morgan fingerprint density at radius 2 is 0.864 bits per heavy atom. The number of benzene rings is 4. The van der Waals surface area contributed by atoms with Gasteiger partial charge < -0.3 is 0 Å². The Kier molecular flexibility index (Phi) is 4.87. The van der Waals surface area contributed by atoms with Crippen molar-refractivity contribution in [1.82, 2.24) is 0 Å². The normalized spacial score (nSPS) is 10.2. The standard InChI is InChI=1S/C14H10.C7H7Br/c1-2-6-12-10-14-8-4-3-7-13(14)9-11(12)5-1;8-6-7-4-2-1-3-5-7/h1-10H;1-5H,6H2. The summed E-state index contributed by atoms with van der Waals surface area (Å²) >= 11 is 3.36. The predicted molar refractivity (Wildman–Crippen MR) is 101 cm³/mol. The highest BCUT2D eigenvalue weighted by Crippen LogP contribution is 2.22. The van der Waals surface area contributed by atoms with Gasteiger partial charge in [-0.3, -0.25) is 0 Å². The molecule has 0 amide bonds. The van der Waals surface area contributed by atoms with E-state index in [0.29, 0.717) is 0 Å². The number of rotatable bonds is 1. The molecule has 108 valence electrons. The van der Waals surface area contributed by atoms with Gasteiger partial charge >= 0.3 is 0 Å². The Morgan fingerprint density at radius 1 is 0.500 bits per heavy atom. The van der Waals surface area contributed by atoms with Gasteiger partial charge in [0, 0.05) is 5.33 Å². The van der Waals surface area contributed by atoms with Crippen LogP contribution >= 0.6 is 15.9 Å². The summed E-state index contributed by atoms with van der Waals surface area (Å²) in [6.07, 6.45) is 0. The van der Waals surface area contributed by atoms with Crippen molar-refractivity contribution in [3.05, 3.63) is 96.6 Å². The van der Waals surface area contributed by atoms with Crippen LogP contribution in [0, 0.1) is 0 Å². The Labute approximate surface area is 139 Å². The summed E-state index contributed by atoms with van der Waals surface area (Å²) in [7, 11) is 0. The fraction of sp³-hybridized carbons (Fsp3) is 0.0476. The van der Waals surface area contributed by atoms with Gasteiger partial charge in [-0.1, -0.05) is 94.8 Å². The molecule has 0 atom stereocenters. The zero-order valence-corrected chi connectivity index (χ0v) is 13.8. The van der Waals surface area contributed by atoms with E-state index in [4.69, 9.17) is 0 Å². The maximum Gasteiger partial charge on any atom is 0.0283 e. The van der Waals surface area contributed by atoms with Crippen LogP contribution in [-0.2, 0) is 5.33 Å². The third-order valence-electron chi connectivity index (χ3n) is 3.61. The van der Waals surface area contributed by atoms with Crippen molar-refractivity contribution in [2.45, 2.75) is 5.33 Å². The highest BCUT2D eigenvalue weighted by Gasteiger charge is 1.95. The molecule has 22 heavy (non-hydrogen) atoms. The maximum atomic E-state index is 3.36. The van der Waals surface area contributed by atoms with Gasteiger partial charge in [0.2, 0.25) is 0 Å². The largest absolute Gasteiger partial charge is 0.0876 e. The Bertz CT molecular complexity index is 761. The number of fused-ring (bicyclic) bond motifs is 2. The first-order valence-electron chi connectivity index (χ1n) is 7.34. The molecule has 0 saturated heterocycles. The summed E-state index contributed by atoms with van der Waals surface area (Å²) in [4.78, 5) is 0. The van der Waals surface area contributed by atoms with E-state index in [1.165, 1.54) is 27.1 Å². The second-order valence-electron chi connectivity index (χ2n) is 5.17. The number of hydrogen-bond acceptors (Lipinski definition) is 0. The average Bonchev–Trinajstić information content (AvgIpc) is 2.61. The summed E-state index contributed by atoms with van der Waals surface area (Å²) in [5.41, 5.74) is 1.33. The molecule has 0 bridgehead atoms. The molecule has 0 N–H and O–H groups in total. The first-order valence-corrected chi connectivity index (χ1v) is 8.46. The molecule has 0 spiro atoms. The molecular formula is C21H17Br. The minimum atomic E-state index is 0.952. The zero-order chi connectivity index (χ0) is 15.2. The molecule has 4 aromatic carbocycles. The molecule has 0 radical (unpaired) electrons. The Hall–Kier alpha value is -2.12. The minimum absolute atomic E-state index is 0.952. The third kappa shape index (κ3) is 3.55. The third-order valence-corrected chi connectivity index (χ3v) is 4.26. The molecule has 0 fully saturated rings. The molecule has 1 heteroatoms. The van der Waals surface area contributed by atoms with E-state index < -0.39 is 0 Å². The average molecular weight is 349 g/mol. The highest BCUT2D eigenvalue weighted by molar-refractivity contribution is 9.08. The first kappa shape index (κ1) is 14.8. The fourth-order valence-corrected chi connectivity index (χ4v) is 2.82. The number of alkyl halides is 1. The number of hydrogen-bond donors (Lipinski definition) is 0. The van der Waals surface area contributed by atoms with Gasteiger partial charge in [0.05, 0.1) is 0 Å². The van der Waals surface area contributed by atoms with E-state index >= 15 is 0 Å². The Balaban J connectivity index is 0.000000154. The van der Waals surface area contributed by atoms with Crippen molar-refractivity contribution in [3.8, 4) is 0 Å². The maximum absolute atomic E-state index is 3.36. The van der Waals surface area contributed by atoms with Crippen LogP contribution in [0.25, 0.3) is 21.5 Å². The summed E-state index contributed by atoms with van der Waals surface area (Å²) in [6, 6.07) is 31.7. The lowest BCUT2D eigenvalue weighted by Gasteiger charge is -2.00. The quantitative estimate of drug-likeness (QED) is 0.269. The van der Waals surface area contributed by atoms with Crippen molar-refractivity contribution in [3.63, 3.8) is 0 Å². The first-order chi connectivity index (χ1) is 10.9. The van der Waals surface area contributed by atoms with Crippen molar-refractivity contribution in [2.24, 2.45) is 0 Å². The van der Waals surface area contributed by atoms with E-state index in [0.717, 1.165) is 5.33 Å². The van der Waals surface area contributed by atoms with Gasteiger partial charge in [-0.2, -0.15) is 0 Å². The van der Waals surface area contributed by atoms with Gasteiger partial charge in [0.15, 0.2) is 0 Å². The van der Waals surface area contributed by atoms with Gasteiger partial charge in [-0.05, 0) is 39.2 Å². The monoisotopic (exact) mass is 348 g/mol. The molecule has 0 heterocycles. The molecule has 0 aliphatic rings. The van der Waals surface area contributed by atoms with Crippen LogP contribution in [0.2, 0.25) is 0 Å². The molecule has 4 rings (SSSR count). The van der Waals surface area contributed by atoms with Crippen molar-refractivity contribution >= 4 is 37.5 Å². The molecule has 0 unspecified atom stereocenters. The zero-order valence-electron chi connectivity index (χ0n) is 12.2. The van der Waals surface area contributed by atoms with Gasteiger partial charge in [0.1, 0.15) is 0 Å². The summed E-state index contributed by atoms with van der Waals surface area (Å²) in [5.74, 6) is 0. The van der Waals surface area contributed by atoms with Crippen LogP contribution in [0.15, 0.2) is 91.0 Å². The molecule has 0 nitrogen and oxygen atoms in total. The molecule has 4 aromatic rings. The number of halogens is 1. The van der Waals surface area contributed by atoms with Crippen molar-refractivity contribution < 1.29 is 0 Å². The summed E-state index contributed by atoms with van der Waals surface area (Å²) < 4.78 is 0. The van der Waals surface area contributed by atoms with Crippen molar-refractivity contribution in [2.75, 3.05) is 0 Å². The Morgan fingerprint density at radius 3 is 1.18 bits per heavy atom. The van der Waals surface area contributed by atoms with Crippen LogP contribution in [-0.4, -0.2) is 0 Å². The lowest BCUT2D eigenvalue weighted by Crippen LogP contribution is -1.74. The van der Waals surface area contributed by atoms with Crippen LogP contribution in [0.4, 0.5) is 0 Å².